The lowest BCUT2D eigenvalue weighted by Crippen LogP contribution is -2.45. The molecule has 0 aromatic heterocycles. The zero-order chi connectivity index (χ0) is 40.8. The van der Waals surface area contributed by atoms with Crippen LogP contribution >= 0.6 is 0 Å². The van der Waals surface area contributed by atoms with E-state index >= 15 is 0 Å². The number of rotatable bonds is 11. The van der Waals surface area contributed by atoms with Gasteiger partial charge in [0.2, 0.25) is 11.8 Å². The number of halogens is 1. The smallest absolute Gasteiger partial charge is 0.410 e. The average molecular weight is 776 g/mol. The summed E-state index contributed by atoms with van der Waals surface area (Å²) in [6.07, 6.45) is 1.27. The minimum Gasteiger partial charge on any atom is -0.495 e. The first-order valence-electron chi connectivity index (χ1n) is 18.9. The molecule has 2 heterocycles. The van der Waals surface area contributed by atoms with E-state index in [4.69, 9.17) is 18.9 Å². The Hall–Kier alpha value is -5.53. The molecule has 2 aliphatic heterocycles. The van der Waals surface area contributed by atoms with Crippen LogP contribution in [0.15, 0.2) is 60.7 Å². The maximum atomic E-state index is 14.1. The van der Waals surface area contributed by atoms with E-state index in [0.717, 1.165) is 16.8 Å². The molecule has 3 aromatic carbocycles. The van der Waals surface area contributed by atoms with Gasteiger partial charge in [-0.1, -0.05) is 12.1 Å². The summed E-state index contributed by atoms with van der Waals surface area (Å²) in [5.74, 6) is -0.185. The van der Waals surface area contributed by atoms with Gasteiger partial charge in [-0.3, -0.25) is 19.4 Å². The first-order valence-corrected chi connectivity index (χ1v) is 18.9. The molecule has 0 saturated carbocycles. The highest BCUT2D eigenvalue weighted by atomic mass is 19.1. The minimum absolute atomic E-state index is 0.340. The zero-order valence-corrected chi connectivity index (χ0v) is 33.6. The van der Waals surface area contributed by atoms with Gasteiger partial charge in [-0.25, -0.2) is 14.0 Å². The van der Waals surface area contributed by atoms with E-state index in [2.05, 4.69) is 10.6 Å². The van der Waals surface area contributed by atoms with Crippen molar-refractivity contribution in [2.24, 2.45) is 0 Å². The van der Waals surface area contributed by atoms with Gasteiger partial charge in [-0.05, 0) is 127 Å². The molecule has 14 heteroatoms. The summed E-state index contributed by atoms with van der Waals surface area (Å²) in [6, 6.07) is 15.7. The van der Waals surface area contributed by atoms with Gasteiger partial charge >= 0.3 is 12.2 Å². The van der Waals surface area contributed by atoms with Gasteiger partial charge in [0.25, 0.3) is 0 Å². The number of carbonyl (C=O) groups excluding carboxylic acids is 4. The molecule has 2 N–H and O–H groups in total. The largest absolute Gasteiger partial charge is 0.495 e. The number of methoxy groups -OCH3 is 2. The van der Waals surface area contributed by atoms with Crippen LogP contribution in [0, 0.1) is 5.82 Å². The third-order valence-electron chi connectivity index (χ3n) is 9.35. The molecule has 2 aliphatic rings. The van der Waals surface area contributed by atoms with Crippen LogP contribution in [0.2, 0.25) is 0 Å². The summed E-state index contributed by atoms with van der Waals surface area (Å²) in [5, 5.41) is 5.95. The summed E-state index contributed by atoms with van der Waals surface area (Å²) in [7, 11) is 3.03. The third-order valence-corrected chi connectivity index (χ3v) is 9.35. The number of likely N-dealkylation sites (tertiary alicyclic amines) is 2. The Morgan fingerprint density at radius 1 is 0.679 bits per heavy atom. The van der Waals surface area contributed by atoms with E-state index in [0.29, 0.717) is 74.7 Å². The molecule has 2 atom stereocenters. The fourth-order valence-corrected chi connectivity index (χ4v) is 6.82. The monoisotopic (exact) mass is 775 g/mol. The Morgan fingerprint density at radius 3 is 1.46 bits per heavy atom. The van der Waals surface area contributed by atoms with Crippen LogP contribution in [0.3, 0.4) is 0 Å². The molecule has 4 amide bonds. The molecule has 56 heavy (non-hydrogen) atoms. The van der Waals surface area contributed by atoms with Gasteiger partial charge in [-0.15, -0.1) is 0 Å². The Kier molecular flexibility index (Phi) is 13.0. The van der Waals surface area contributed by atoms with Crippen molar-refractivity contribution >= 4 is 41.1 Å². The third kappa shape index (κ3) is 10.8. The molecule has 0 bridgehead atoms. The topological polar surface area (TPSA) is 139 Å². The lowest BCUT2D eigenvalue weighted by molar-refractivity contribution is -0.121. The van der Waals surface area contributed by atoms with Crippen LogP contribution in [0.5, 0.6) is 11.5 Å². The molecular weight excluding hydrogens is 721 g/mol. The SMILES string of the molecule is COc1ccc(CN(Cc2ccc(OC)c(NC(=O)[C@@H]3CCCN3C(=O)OC(C)(C)C)c2)c2ccc(F)cc2)cc1NC(=O)[C@@H]1CCCN1C(=O)OC(C)(C)C. The molecule has 3 aromatic rings. The highest BCUT2D eigenvalue weighted by Gasteiger charge is 2.38. The summed E-state index contributed by atoms with van der Waals surface area (Å²) in [6.45, 7) is 12.2. The van der Waals surface area contributed by atoms with Gasteiger partial charge in [0, 0.05) is 31.9 Å². The standard InChI is InChI=1S/C42H54FN5O8/c1-41(2,3)55-39(51)47-21-9-11-33(47)37(49)44-31-23-27(13-19-35(31)53-7)25-46(30-17-15-29(43)16-18-30)26-28-14-20-36(54-8)32(24-28)45-38(50)34-12-10-22-48(34)40(52)56-42(4,5)6/h13-20,23-24,33-34H,9-12,21-22,25-26H2,1-8H3,(H,44,49)(H,45,50)/t33-,34-/m0/s1. The number of hydrogen-bond donors (Lipinski definition) is 2. The molecule has 302 valence electrons. The molecule has 0 unspecified atom stereocenters. The Bertz CT molecular complexity index is 1780. The first kappa shape index (κ1) is 41.6. The van der Waals surface area contributed by atoms with Crippen LogP contribution in [0.1, 0.15) is 78.4 Å². The molecule has 0 radical (unpaired) electrons. The Balaban J connectivity index is 1.37. The first-order chi connectivity index (χ1) is 26.4. The second-order valence-corrected chi connectivity index (χ2v) is 16.0. The maximum Gasteiger partial charge on any atom is 0.410 e. The predicted molar refractivity (Wildman–Crippen MR) is 211 cm³/mol. The number of amides is 4. The van der Waals surface area contributed by atoms with Crippen molar-refractivity contribution in [2.75, 3.05) is 42.8 Å². The van der Waals surface area contributed by atoms with Crippen molar-refractivity contribution in [1.82, 2.24) is 9.80 Å². The van der Waals surface area contributed by atoms with E-state index in [-0.39, 0.29) is 17.6 Å². The summed E-state index contributed by atoms with van der Waals surface area (Å²) in [4.78, 5) is 58.0. The van der Waals surface area contributed by atoms with E-state index in [1.54, 1.807) is 65.8 Å². The van der Waals surface area contributed by atoms with Crippen molar-refractivity contribution in [2.45, 2.75) is 104 Å². The van der Waals surface area contributed by atoms with Crippen molar-refractivity contribution in [3.05, 3.63) is 77.6 Å². The second-order valence-electron chi connectivity index (χ2n) is 16.0. The highest BCUT2D eigenvalue weighted by molar-refractivity contribution is 5.99. The van der Waals surface area contributed by atoms with Gasteiger partial charge in [-0.2, -0.15) is 0 Å². The lowest BCUT2D eigenvalue weighted by Gasteiger charge is -2.28. The average Bonchev–Trinajstić information content (AvgIpc) is 3.82. The molecular formula is C42H54FN5O8. The Labute approximate surface area is 328 Å². The number of anilines is 3. The highest BCUT2D eigenvalue weighted by Crippen LogP contribution is 2.32. The second kappa shape index (κ2) is 17.5. The van der Waals surface area contributed by atoms with Crippen molar-refractivity contribution in [3.8, 4) is 11.5 Å². The number of benzene rings is 3. The minimum atomic E-state index is -0.701. The van der Waals surface area contributed by atoms with E-state index in [9.17, 15) is 23.6 Å². The quantitative estimate of drug-likeness (QED) is 0.200. The molecule has 0 aliphatic carbocycles. The van der Waals surface area contributed by atoms with Crippen molar-refractivity contribution in [1.29, 1.82) is 0 Å². The van der Waals surface area contributed by atoms with Gasteiger partial charge in [0.15, 0.2) is 0 Å². The number of ether oxygens (including phenoxy) is 4. The Morgan fingerprint density at radius 2 is 1.09 bits per heavy atom. The fraction of sp³-hybridized carbons (Fsp3) is 0.476. The molecule has 13 nitrogen and oxygen atoms in total. The zero-order valence-electron chi connectivity index (χ0n) is 33.6. The van der Waals surface area contributed by atoms with Crippen molar-refractivity contribution in [3.63, 3.8) is 0 Å². The number of nitrogens with one attached hydrogen (secondary N) is 2. The summed E-state index contributed by atoms with van der Waals surface area (Å²) in [5.41, 5.74) is 1.83. The molecule has 2 saturated heterocycles. The van der Waals surface area contributed by atoms with Gasteiger partial charge in [0.1, 0.15) is 40.6 Å². The van der Waals surface area contributed by atoms with Gasteiger partial charge in [0.05, 0.1) is 25.6 Å². The van der Waals surface area contributed by atoms with Crippen LogP contribution in [0.25, 0.3) is 0 Å². The van der Waals surface area contributed by atoms with Crippen molar-refractivity contribution < 1.29 is 42.5 Å². The van der Waals surface area contributed by atoms with Crippen LogP contribution in [0.4, 0.5) is 31.0 Å². The molecule has 2 fully saturated rings. The fourth-order valence-electron chi connectivity index (χ4n) is 6.82. The molecule has 0 spiro atoms. The van der Waals surface area contributed by atoms with Gasteiger partial charge < -0.3 is 34.5 Å². The van der Waals surface area contributed by atoms with Crippen LogP contribution in [-0.4, -0.2) is 84.4 Å². The van der Waals surface area contributed by atoms with E-state index in [1.165, 1.54) is 36.2 Å². The molecule has 5 rings (SSSR count). The maximum absolute atomic E-state index is 14.1. The normalized spacial score (nSPS) is 16.9. The number of hydrogen-bond acceptors (Lipinski definition) is 9. The van der Waals surface area contributed by atoms with Crippen LogP contribution < -0.4 is 25.0 Å². The van der Waals surface area contributed by atoms with Crippen LogP contribution in [-0.2, 0) is 32.2 Å². The van der Waals surface area contributed by atoms with E-state index in [1.807, 2.05) is 29.2 Å². The number of nitrogens with zero attached hydrogens (tertiary/aromatic N) is 3. The predicted octanol–water partition coefficient (Wildman–Crippen LogP) is 7.73. The summed E-state index contributed by atoms with van der Waals surface area (Å²) < 4.78 is 36.4. The number of carbonyl (C=O) groups is 4. The summed E-state index contributed by atoms with van der Waals surface area (Å²) >= 11 is 0. The van der Waals surface area contributed by atoms with E-state index < -0.39 is 35.5 Å². The lowest BCUT2D eigenvalue weighted by atomic mass is 10.1.